The van der Waals surface area contributed by atoms with Gasteiger partial charge in [0.1, 0.15) is 5.58 Å². The third kappa shape index (κ3) is 6.78. The molecule has 340 valence electrons. The molecule has 10 rings (SSSR count). The topological polar surface area (TPSA) is 19.6 Å². The minimum Gasteiger partial charge on any atom is -0.468 e. The third-order valence-electron chi connectivity index (χ3n) is 17.2. The first-order valence-corrected chi connectivity index (χ1v) is 25.1. The molecule has 0 radical (unpaired) electrons. The number of hydrogen-bond acceptors (Lipinski definition) is 3. The van der Waals surface area contributed by atoms with E-state index >= 15 is 0 Å². The third-order valence-corrected chi connectivity index (χ3v) is 17.2. The average Bonchev–Trinajstić information content (AvgIpc) is 3.58. The molecule has 5 aliphatic rings. The lowest BCUT2D eigenvalue weighted by molar-refractivity contribution is 0.332. The van der Waals surface area contributed by atoms with E-state index in [1.165, 1.54) is 115 Å². The van der Waals surface area contributed by atoms with Crippen molar-refractivity contribution in [2.45, 2.75) is 195 Å². The number of aryl methyl sites for hydroxylation is 1. The van der Waals surface area contributed by atoms with Crippen molar-refractivity contribution in [2.75, 3.05) is 9.80 Å². The zero-order chi connectivity index (χ0) is 46.9. The van der Waals surface area contributed by atoms with Crippen LogP contribution in [-0.2, 0) is 32.5 Å². The van der Waals surface area contributed by atoms with Gasteiger partial charge in [0, 0.05) is 28.1 Å². The SMILES string of the molecule is Cc1cc(C(C)(C)C)ccc1N1C2=C3B(c4ccc(C(C)(C)C)cc41)c1oc4cc5c(cc4c1N(c1ccc4c(c1)C(C)(C)CCC4(C)C)C3CC(C(C)(C)C)=C2)C(C)(C)CCC5(C)C. The van der Waals surface area contributed by atoms with Crippen LogP contribution in [0.3, 0.4) is 0 Å². The summed E-state index contributed by atoms with van der Waals surface area (Å²) in [4.78, 5) is 5.46. The molecule has 1 aromatic heterocycles. The molecule has 1 unspecified atom stereocenters. The second-order valence-electron chi connectivity index (χ2n) is 26.9. The van der Waals surface area contributed by atoms with Gasteiger partial charge in [-0.2, -0.15) is 0 Å². The van der Waals surface area contributed by atoms with Crippen molar-refractivity contribution in [3.05, 3.63) is 128 Å². The smallest absolute Gasteiger partial charge is 0.292 e. The summed E-state index contributed by atoms with van der Waals surface area (Å²) in [5, 5.41) is 1.26. The van der Waals surface area contributed by atoms with Crippen LogP contribution in [0.2, 0.25) is 0 Å². The molecule has 0 fully saturated rings. The van der Waals surface area contributed by atoms with E-state index in [1.807, 2.05) is 0 Å². The van der Waals surface area contributed by atoms with Crippen molar-refractivity contribution in [3.8, 4) is 0 Å². The summed E-state index contributed by atoms with van der Waals surface area (Å²) in [6.07, 6.45) is 8.29. The van der Waals surface area contributed by atoms with Crippen LogP contribution in [0.4, 0.5) is 22.7 Å². The number of anilines is 4. The second kappa shape index (κ2) is 13.8. The quantitative estimate of drug-likeness (QED) is 0.165. The van der Waals surface area contributed by atoms with Gasteiger partial charge in [-0.15, -0.1) is 0 Å². The van der Waals surface area contributed by atoms with Crippen molar-refractivity contribution < 1.29 is 4.42 Å². The van der Waals surface area contributed by atoms with Gasteiger partial charge in [-0.05, 0) is 169 Å². The summed E-state index contributed by atoms with van der Waals surface area (Å²) in [5.41, 5.74) is 23.1. The number of fused-ring (bicyclic) bond motifs is 8. The Morgan fingerprint density at radius 2 is 1.14 bits per heavy atom. The molecule has 3 aliphatic carbocycles. The first-order chi connectivity index (χ1) is 30.0. The Hall–Kier alpha value is -4.44. The predicted molar refractivity (Wildman–Crippen MR) is 281 cm³/mol. The Morgan fingerprint density at radius 3 is 1.72 bits per heavy atom. The number of allylic oxidation sites excluding steroid dienone is 1. The molecular formula is C61H77BN2O. The van der Waals surface area contributed by atoms with E-state index < -0.39 is 0 Å². The fraction of sp³-hybridized carbons (Fsp3) is 0.508. The van der Waals surface area contributed by atoms with Crippen molar-refractivity contribution in [1.29, 1.82) is 0 Å². The summed E-state index contributed by atoms with van der Waals surface area (Å²) < 4.78 is 7.64. The molecule has 4 heteroatoms. The summed E-state index contributed by atoms with van der Waals surface area (Å²) in [7, 11) is 0. The van der Waals surface area contributed by atoms with E-state index in [0.717, 1.165) is 17.7 Å². The van der Waals surface area contributed by atoms with Crippen molar-refractivity contribution >= 4 is 51.6 Å². The van der Waals surface area contributed by atoms with Crippen LogP contribution in [-0.4, -0.2) is 12.8 Å². The summed E-state index contributed by atoms with van der Waals surface area (Å²) in [6, 6.07) is 27.4. The Balaban J connectivity index is 1.35. The molecule has 3 heterocycles. The van der Waals surface area contributed by atoms with Gasteiger partial charge in [0.05, 0.1) is 17.4 Å². The average molecular weight is 865 g/mol. The minimum atomic E-state index is -0.0423. The standard InChI is InChI=1S/C61H77BN2O/c1-36-29-37(55(2,3)4)20-24-47(36)64-48-30-38(56(5,6)7)19-23-46(48)62-52-49(31-39(32-50(52)64)57(8,9)10)63(40-21-22-42-43(33-40)59(13,14)26-25-58(42,11)12)53-41-34-44-45(35-51(41)65-54(53)62)61(17,18)28-27-60(44,15)16/h19-24,29-30,32-35,49H,25-28,31H2,1-18H3. The molecule has 0 amide bonds. The van der Waals surface area contributed by atoms with Crippen LogP contribution >= 0.6 is 0 Å². The number of nitrogens with zero attached hydrogens (tertiary/aromatic N) is 2. The Morgan fingerprint density at radius 1 is 0.585 bits per heavy atom. The maximum absolute atomic E-state index is 7.64. The molecule has 0 N–H and O–H groups in total. The van der Waals surface area contributed by atoms with E-state index in [2.05, 4.69) is 207 Å². The fourth-order valence-electron chi connectivity index (χ4n) is 12.5. The number of hydrogen-bond donors (Lipinski definition) is 0. The summed E-state index contributed by atoms with van der Waals surface area (Å²) >= 11 is 0. The molecule has 0 spiro atoms. The van der Waals surface area contributed by atoms with Crippen LogP contribution in [0.15, 0.2) is 94.0 Å². The summed E-state index contributed by atoms with van der Waals surface area (Å²) in [6.45, 7) is 43.3. The van der Waals surface area contributed by atoms with Gasteiger partial charge in [-0.1, -0.05) is 154 Å². The van der Waals surface area contributed by atoms with Gasteiger partial charge in [0.2, 0.25) is 0 Å². The first kappa shape index (κ1) is 44.4. The van der Waals surface area contributed by atoms with Crippen molar-refractivity contribution in [1.82, 2.24) is 0 Å². The highest BCUT2D eigenvalue weighted by Gasteiger charge is 2.53. The molecule has 65 heavy (non-hydrogen) atoms. The Kier molecular flexibility index (Phi) is 9.44. The largest absolute Gasteiger partial charge is 0.468 e. The fourth-order valence-corrected chi connectivity index (χ4v) is 12.5. The van der Waals surface area contributed by atoms with Gasteiger partial charge in [0.25, 0.3) is 6.71 Å². The van der Waals surface area contributed by atoms with E-state index in [1.54, 1.807) is 0 Å². The lowest BCUT2D eigenvalue weighted by Gasteiger charge is -2.51. The maximum atomic E-state index is 7.64. The molecule has 0 bridgehead atoms. The van der Waals surface area contributed by atoms with Gasteiger partial charge in [-0.25, -0.2) is 0 Å². The Labute approximate surface area is 393 Å². The predicted octanol–water partition coefficient (Wildman–Crippen LogP) is 15.5. The highest BCUT2D eigenvalue weighted by Crippen LogP contribution is 2.55. The number of benzene rings is 4. The highest BCUT2D eigenvalue weighted by molar-refractivity contribution is 6.93. The van der Waals surface area contributed by atoms with Gasteiger partial charge >= 0.3 is 0 Å². The van der Waals surface area contributed by atoms with E-state index in [4.69, 9.17) is 4.42 Å². The molecule has 4 aromatic carbocycles. The van der Waals surface area contributed by atoms with E-state index in [0.29, 0.717) is 0 Å². The molecule has 2 aliphatic heterocycles. The minimum absolute atomic E-state index is 0.0244. The number of rotatable bonds is 2. The normalized spacial score (nSPS) is 21.7. The molecule has 1 atom stereocenters. The summed E-state index contributed by atoms with van der Waals surface area (Å²) in [5.74, 6) is 0. The molecule has 0 saturated heterocycles. The first-order valence-electron chi connectivity index (χ1n) is 25.1. The highest BCUT2D eigenvalue weighted by atomic mass is 16.3. The van der Waals surface area contributed by atoms with Gasteiger partial charge in [-0.3, -0.25) is 0 Å². The molecule has 5 aromatic rings. The van der Waals surface area contributed by atoms with Crippen LogP contribution in [0.25, 0.3) is 11.0 Å². The monoisotopic (exact) mass is 865 g/mol. The zero-order valence-electron chi connectivity index (χ0n) is 43.4. The number of furan rings is 1. The molecule has 3 nitrogen and oxygen atoms in total. The van der Waals surface area contributed by atoms with E-state index in [-0.39, 0.29) is 50.7 Å². The maximum Gasteiger partial charge on any atom is 0.292 e. The van der Waals surface area contributed by atoms with Crippen LogP contribution in [0.1, 0.15) is 189 Å². The molecule has 0 saturated carbocycles. The zero-order valence-corrected chi connectivity index (χ0v) is 43.4. The second-order valence-corrected chi connectivity index (χ2v) is 26.9. The van der Waals surface area contributed by atoms with Crippen LogP contribution < -0.4 is 20.9 Å². The van der Waals surface area contributed by atoms with E-state index in [9.17, 15) is 0 Å². The Bertz CT molecular complexity index is 2890. The van der Waals surface area contributed by atoms with Crippen LogP contribution in [0, 0.1) is 12.3 Å². The van der Waals surface area contributed by atoms with Gasteiger partial charge < -0.3 is 14.2 Å². The molecular weight excluding hydrogens is 787 g/mol. The van der Waals surface area contributed by atoms with Crippen LogP contribution in [0.5, 0.6) is 0 Å². The lowest BCUT2D eigenvalue weighted by atomic mass is 9.33. The lowest BCUT2D eigenvalue weighted by Crippen LogP contribution is -2.61. The van der Waals surface area contributed by atoms with Crippen molar-refractivity contribution in [3.63, 3.8) is 0 Å². The van der Waals surface area contributed by atoms with Crippen molar-refractivity contribution in [2.24, 2.45) is 5.41 Å². The van der Waals surface area contributed by atoms with Gasteiger partial charge in [0.15, 0.2) is 0 Å².